The van der Waals surface area contributed by atoms with Crippen molar-refractivity contribution < 1.29 is 9.90 Å². The van der Waals surface area contributed by atoms with Gasteiger partial charge in [0, 0.05) is 6.20 Å². The lowest BCUT2D eigenvalue weighted by molar-refractivity contribution is -0.123. The van der Waals surface area contributed by atoms with Crippen LogP contribution in [0.1, 0.15) is 13.8 Å². The average molecular weight is 198 g/mol. The van der Waals surface area contributed by atoms with Gasteiger partial charge in [0.1, 0.15) is 6.54 Å². The van der Waals surface area contributed by atoms with Gasteiger partial charge < -0.3 is 10.4 Å². The van der Waals surface area contributed by atoms with Gasteiger partial charge >= 0.3 is 0 Å². The summed E-state index contributed by atoms with van der Waals surface area (Å²) in [5, 5.41) is 18.8. The highest BCUT2D eigenvalue weighted by atomic mass is 16.3. The average Bonchev–Trinajstić information content (AvgIpc) is 2.55. The lowest BCUT2D eigenvalue weighted by Gasteiger charge is -2.23. The van der Waals surface area contributed by atoms with E-state index in [1.165, 1.54) is 10.9 Å². The molecule has 0 radical (unpaired) electrons. The predicted molar refractivity (Wildman–Crippen MR) is 49.3 cm³/mol. The fourth-order valence-electron chi connectivity index (χ4n) is 0.921. The molecular weight excluding hydrogens is 184 g/mol. The second kappa shape index (κ2) is 4.19. The van der Waals surface area contributed by atoms with Crippen LogP contribution in [0.25, 0.3) is 0 Å². The zero-order valence-corrected chi connectivity index (χ0v) is 8.27. The Kier molecular flexibility index (Phi) is 3.19. The zero-order chi connectivity index (χ0) is 10.6. The fourth-order valence-corrected chi connectivity index (χ4v) is 0.921. The fraction of sp³-hybridized carbons (Fsp3) is 0.625. The van der Waals surface area contributed by atoms with Gasteiger partial charge in [0.15, 0.2) is 0 Å². The van der Waals surface area contributed by atoms with E-state index in [9.17, 15) is 4.79 Å². The van der Waals surface area contributed by atoms with Crippen LogP contribution in [-0.2, 0) is 11.3 Å². The lowest BCUT2D eigenvalue weighted by atomic mass is 10.1. The topological polar surface area (TPSA) is 80.0 Å². The number of aromatic nitrogens is 3. The third-order valence-electron chi connectivity index (χ3n) is 1.65. The number of carbonyl (C=O) groups excluding carboxylic acids is 1. The third kappa shape index (κ3) is 3.14. The van der Waals surface area contributed by atoms with E-state index in [-0.39, 0.29) is 19.1 Å². The number of hydrogen-bond acceptors (Lipinski definition) is 4. The summed E-state index contributed by atoms with van der Waals surface area (Å²) in [7, 11) is 0. The molecule has 0 aromatic carbocycles. The van der Waals surface area contributed by atoms with Crippen molar-refractivity contribution in [3.05, 3.63) is 12.4 Å². The molecule has 0 spiro atoms. The Hall–Kier alpha value is -1.43. The highest BCUT2D eigenvalue weighted by Gasteiger charge is 2.18. The lowest BCUT2D eigenvalue weighted by Crippen LogP contribution is -2.47. The summed E-state index contributed by atoms with van der Waals surface area (Å²) in [5.74, 6) is -0.199. The third-order valence-corrected chi connectivity index (χ3v) is 1.65. The van der Waals surface area contributed by atoms with Crippen molar-refractivity contribution in [3.63, 3.8) is 0 Å². The van der Waals surface area contributed by atoms with E-state index in [0.29, 0.717) is 0 Å². The van der Waals surface area contributed by atoms with E-state index in [2.05, 4.69) is 15.6 Å². The van der Waals surface area contributed by atoms with E-state index in [1.807, 2.05) is 0 Å². The molecular formula is C8H14N4O2. The number of hydrogen-bond donors (Lipinski definition) is 2. The van der Waals surface area contributed by atoms with Crippen LogP contribution < -0.4 is 5.32 Å². The van der Waals surface area contributed by atoms with E-state index in [4.69, 9.17) is 5.11 Å². The molecule has 14 heavy (non-hydrogen) atoms. The first-order valence-electron chi connectivity index (χ1n) is 4.29. The van der Waals surface area contributed by atoms with Gasteiger partial charge in [-0.2, -0.15) is 0 Å². The molecule has 0 bridgehead atoms. The van der Waals surface area contributed by atoms with Gasteiger partial charge in [-0.05, 0) is 13.8 Å². The van der Waals surface area contributed by atoms with Gasteiger partial charge in [0.25, 0.3) is 0 Å². The van der Waals surface area contributed by atoms with E-state index in [1.54, 1.807) is 20.0 Å². The minimum atomic E-state index is -0.600. The molecule has 1 aromatic rings. The molecule has 1 heterocycles. The molecule has 0 aliphatic rings. The first kappa shape index (κ1) is 10.6. The Morgan fingerprint density at radius 1 is 1.64 bits per heavy atom. The summed E-state index contributed by atoms with van der Waals surface area (Å²) in [6.45, 7) is 3.50. The van der Waals surface area contributed by atoms with Gasteiger partial charge in [0.2, 0.25) is 5.91 Å². The summed E-state index contributed by atoms with van der Waals surface area (Å²) in [5.41, 5.74) is -0.600. The van der Waals surface area contributed by atoms with Crippen molar-refractivity contribution in [3.8, 4) is 0 Å². The van der Waals surface area contributed by atoms with Gasteiger partial charge in [-0.25, -0.2) is 4.68 Å². The number of carbonyl (C=O) groups is 1. The Balaban J connectivity index is 2.44. The Morgan fingerprint density at radius 2 is 2.36 bits per heavy atom. The number of amides is 1. The first-order chi connectivity index (χ1) is 6.53. The molecule has 0 saturated heterocycles. The van der Waals surface area contributed by atoms with Crippen LogP contribution in [-0.4, -0.2) is 38.2 Å². The molecule has 78 valence electrons. The van der Waals surface area contributed by atoms with Gasteiger partial charge in [-0.1, -0.05) is 5.21 Å². The molecule has 0 atom stereocenters. The van der Waals surface area contributed by atoms with E-state index >= 15 is 0 Å². The Morgan fingerprint density at radius 3 is 2.86 bits per heavy atom. The van der Waals surface area contributed by atoms with Crippen LogP contribution in [0.2, 0.25) is 0 Å². The van der Waals surface area contributed by atoms with Crippen LogP contribution in [0.15, 0.2) is 12.4 Å². The number of nitrogens with zero attached hydrogens (tertiary/aromatic N) is 3. The molecule has 0 fully saturated rings. The van der Waals surface area contributed by atoms with Crippen LogP contribution >= 0.6 is 0 Å². The van der Waals surface area contributed by atoms with E-state index in [0.717, 1.165) is 0 Å². The van der Waals surface area contributed by atoms with Crippen molar-refractivity contribution in [2.45, 2.75) is 25.9 Å². The summed E-state index contributed by atoms with van der Waals surface area (Å²) in [6, 6.07) is 0. The van der Waals surface area contributed by atoms with E-state index < -0.39 is 5.54 Å². The monoisotopic (exact) mass is 198 g/mol. The minimum Gasteiger partial charge on any atom is -0.394 e. The summed E-state index contributed by atoms with van der Waals surface area (Å²) >= 11 is 0. The van der Waals surface area contributed by atoms with Crippen molar-refractivity contribution >= 4 is 5.91 Å². The minimum absolute atomic E-state index is 0.101. The number of aliphatic hydroxyl groups is 1. The zero-order valence-electron chi connectivity index (χ0n) is 8.27. The van der Waals surface area contributed by atoms with Crippen molar-refractivity contribution in [2.24, 2.45) is 0 Å². The second-order valence-electron chi connectivity index (χ2n) is 3.69. The predicted octanol–water partition coefficient (Wildman–Crippen LogP) is -0.835. The Bertz CT molecular complexity index is 294. The van der Waals surface area contributed by atoms with Crippen LogP contribution in [0.3, 0.4) is 0 Å². The highest BCUT2D eigenvalue weighted by molar-refractivity contribution is 5.76. The van der Waals surface area contributed by atoms with Crippen molar-refractivity contribution in [2.75, 3.05) is 6.61 Å². The molecule has 6 heteroatoms. The first-order valence-corrected chi connectivity index (χ1v) is 4.29. The molecule has 1 rings (SSSR count). The quantitative estimate of drug-likeness (QED) is 0.661. The molecule has 0 aliphatic carbocycles. The summed E-state index contributed by atoms with van der Waals surface area (Å²) in [6.07, 6.45) is 3.11. The van der Waals surface area contributed by atoms with Gasteiger partial charge in [-0.3, -0.25) is 4.79 Å². The van der Waals surface area contributed by atoms with Gasteiger partial charge in [0.05, 0.1) is 18.3 Å². The van der Waals surface area contributed by atoms with Gasteiger partial charge in [-0.15, -0.1) is 5.10 Å². The van der Waals surface area contributed by atoms with Crippen LogP contribution in [0.4, 0.5) is 0 Å². The normalized spacial score (nSPS) is 11.4. The smallest absolute Gasteiger partial charge is 0.242 e. The maximum atomic E-state index is 11.4. The molecule has 0 aliphatic heterocycles. The molecule has 6 nitrogen and oxygen atoms in total. The summed E-state index contributed by atoms with van der Waals surface area (Å²) in [4.78, 5) is 11.4. The summed E-state index contributed by atoms with van der Waals surface area (Å²) < 4.78 is 1.42. The SMILES string of the molecule is CC(C)(CO)NC(=O)Cn1ccnn1. The molecule has 1 amide bonds. The second-order valence-corrected chi connectivity index (χ2v) is 3.69. The number of nitrogens with one attached hydrogen (secondary N) is 1. The van der Waals surface area contributed by atoms with Crippen molar-refractivity contribution in [1.29, 1.82) is 0 Å². The standard InChI is InChI=1S/C8H14N4O2/c1-8(2,6-13)10-7(14)5-12-4-3-9-11-12/h3-4,13H,5-6H2,1-2H3,(H,10,14). The number of rotatable bonds is 4. The largest absolute Gasteiger partial charge is 0.394 e. The highest BCUT2D eigenvalue weighted by Crippen LogP contribution is 1.99. The molecule has 0 unspecified atom stereocenters. The molecule has 1 aromatic heterocycles. The Labute approximate surface area is 81.9 Å². The van der Waals surface area contributed by atoms with Crippen molar-refractivity contribution in [1.82, 2.24) is 20.3 Å². The maximum absolute atomic E-state index is 11.4. The van der Waals surface area contributed by atoms with Crippen LogP contribution in [0.5, 0.6) is 0 Å². The number of aliphatic hydroxyl groups excluding tert-OH is 1. The maximum Gasteiger partial charge on any atom is 0.242 e. The molecule has 0 saturated carbocycles. The molecule has 2 N–H and O–H groups in total. The van der Waals surface area contributed by atoms with Crippen LogP contribution in [0, 0.1) is 0 Å².